The average molecular weight is 554 g/mol. The lowest BCUT2D eigenvalue weighted by molar-refractivity contribution is 0.0857. The first-order chi connectivity index (χ1) is 15.0. The van der Waals surface area contributed by atoms with Crippen molar-refractivity contribution in [3.05, 3.63) is 52.8 Å². The number of carbonyl (C=O) groups excluding carboxylic acids is 1. The molecule has 1 unspecified atom stereocenters. The Bertz CT molecular complexity index is 892. The number of guanidine groups is 1. The SMILES string of the molecule is CN=C(NCCCn1nc(C)cc1C)NCc1cccc(C(=O)NCC2CCCO2)c1.I. The standard InChI is InChI=1S/C23H34N6O2.HI/c1-17-13-18(2)29(28-17)11-6-10-25-23(24-3)27-15-19-7-4-8-20(14-19)22(30)26-16-21-9-5-12-31-21;/h4,7-8,13-14,21H,5-6,9-12,15-16H2,1-3H3,(H,26,30)(H2,24,25,27);1H. The van der Waals surface area contributed by atoms with Crippen molar-refractivity contribution in [1.29, 1.82) is 0 Å². The molecule has 2 aromatic rings. The Labute approximate surface area is 207 Å². The van der Waals surface area contributed by atoms with E-state index in [9.17, 15) is 4.79 Å². The van der Waals surface area contributed by atoms with Crippen LogP contribution in [0.5, 0.6) is 0 Å². The van der Waals surface area contributed by atoms with Crippen molar-refractivity contribution in [3.8, 4) is 0 Å². The molecule has 0 saturated carbocycles. The van der Waals surface area contributed by atoms with Crippen LogP contribution in [0.1, 0.15) is 46.6 Å². The van der Waals surface area contributed by atoms with Crippen LogP contribution in [0.15, 0.2) is 35.3 Å². The van der Waals surface area contributed by atoms with Gasteiger partial charge in [-0.1, -0.05) is 12.1 Å². The number of aryl methyl sites for hydroxylation is 3. The fraction of sp³-hybridized carbons (Fsp3) is 0.522. The summed E-state index contributed by atoms with van der Waals surface area (Å²) in [5, 5.41) is 14.1. The van der Waals surface area contributed by atoms with Gasteiger partial charge in [-0.05, 0) is 56.9 Å². The van der Waals surface area contributed by atoms with E-state index < -0.39 is 0 Å². The fourth-order valence-electron chi connectivity index (χ4n) is 3.68. The molecule has 0 bridgehead atoms. The normalized spacial score (nSPS) is 15.8. The van der Waals surface area contributed by atoms with Crippen molar-refractivity contribution in [2.75, 3.05) is 26.7 Å². The van der Waals surface area contributed by atoms with Crippen LogP contribution in [0.4, 0.5) is 0 Å². The molecule has 1 amide bonds. The van der Waals surface area contributed by atoms with Crippen LogP contribution in [0.3, 0.4) is 0 Å². The van der Waals surface area contributed by atoms with Crippen molar-refractivity contribution in [1.82, 2.24) is 25.7 Å². The largest absolute Gasteiger partial charge is 0.376 e. The van der Waals surface area contributed by atoms with Crippen LogP contribution in [-0.2, 0) is 17.8 Å². The van der Waals surface area contributed by atoms with Gasteiger partial charge in [0.1, 0.15) is 0 Å². The summed E-state index contributed by atoms with van der Waals surface area (Å²) in [4.78, 5) is 16.7. The van der Waals surface area contributed by atoms with E-state index in [2.05, 4.69) is 39.0 Å². The highest BCUT2D eigenvalue weighted by Gasteiger charge is 2.16. The summed E-state index contributed by atoms with van der Waals surface area (Å²) >= 11 is 0. The molecule has 1 aliphatic rings. The van der Waals surface area contributed by atoms with Gasteiger partial charge in [-0.2, -0.15) is 5.10 Å². The number of amides is 1. The lowest BCUT2D eigenvalue weighted by atomic mass is 10.1. The number of nitrogens with one attached hydrogen (secondary N) is 3. The summed E-state index contributed by atoms with van der Waals surface area (Å²) in [5.74, 6) is 0.672. The van der Waals surface area contributed by atoms with Gasteiger partial charge in [0.05, 0.1) is 11.8 Å². The third kappa shape index (κ3) is 8.09. The minimum absolute atomic E-state index is 0. The monoisotopic (exact) mass is 554 g/mol. The number of carbonyl (C=O) groups is 1. The first-order valence-corrected chi connectivity index (χ1v) is 11.0. The van der Waals surface area contributed by atoms with E-state index >= 15 is 0 Å². The lowest BCUT2D eigenvalue weighted by Crippen LogP contribution is -2.37. The van der Waals surface area contributed by atoms with Crippen LogP contribution in [0.25, 0.3) is 0 Å². The zero-order valence-electron chi connectivity index (χ0n) is 19.2. The van der Waals surface area contributed by atoms with E-state index in [4.69, 9.17) is 4.74 Å². The average Bonchev–Trinajstić information content (AvgIpc) is 3.40. The summed E-state index contributed by atoms with van der Waals surface area (Å²) in [5.41, 5.74) is 3.91. The molecule has 8 nitrogen and oxygen atoms in total. The summed E-state index contributed by atoms with van der Waals surface area (Å²) in [6.07, 6.45) is 3.17. The van der Waals surface area contributed by atoms with Gasteiger partial charge in [-0.3, -0.25) is 14.5 Å². The minimum atomic E-state index is -0.0657. The van der Waals surface area contributed by atoms with Gasteiger partial charge in [0, 0.05) is 51.1 Å². The van der Waals surface area contributed by atoms with E-state index in [1.807, 2.05) is 35.9 Å². The molecule has 176 valence electrons. The van der Waals surface area contributed by atoms with E-state index in [0.717, 1.165) is 56.2 Å². The molecule has 2 heterocycles. The van der Waals surface area contributed by atoms with Gasteiger partial charge in [-0.25, -0.2) is 0 Å². The molecule has 1 aromatic carbocycles. The molecule has 9 heteroatoms. The predicted octanol–water partition coefficient (Wildman–Crippen LogP) is 2.78. The molecule has 0 radical (unpaired) electrons. The maximum atomic E-state index is 12.4. The van der Waals surface area contributed by atoms with Crippen molar-refractivity contribution in [2.45, 2.75) is 52.3 Å². The number of benzene rings is 1. The number of halogens is 1. The maximum absolute atomic E-state index is 12.4. The Morgan fingerprint density at radius 2 is 2.09 bits per heavy atom. The summed E-state index contributed by atoms with van der Waals surface area (Å²) < 4.78 is 7.59. The van der Waals surface area contributed by atoms with E-state index in [-0.39, 0.29) is 36.0 Å². The van der Waals surface area contributed by atoms with Gasteiger partial charge in [0.15, 0.2) is 5.96 Å². The van der Waals surface area contributed by atoms with Crippen LogP contribution < -0.4 is 16.0 Å². The molecule has 32 heavy (non-hydrogen) atoms. The second kappa shape index (κ2) is 13.4. The molecule has 1 aliphatic heterocycles. The molecule has 1 atom stereocenters. The number of aliphatic imine (C=N–C) groups is 1. The smallest absolute Gasteiger partial charge is 0.251 e. The highest BCUT2D eigenvalue weighted by Crippen LogP contribution is 2.11. The van der Waals surface area contributed by atoms with Crippen LogP contribution in [0.2, 0.25) is 0 Å². The maximum Gasteiger partial charge on any atom is 0.251 e. The summed E-state index contributed by atoms with van der Waals surface area (Å²) in [7, 11) is 1.76. The van der Waals surface area contributed by atoms with Crippen molar-refractivity contribution >= 4 is 35.8 Å². The van der Waals surface area contributed by atoms with Gasteiger partial charge in [0.25, 0.3) is 5.91 Å². The Morgan fingerprint density at radius 3 is 2.78 bits per heavy atom. The first-order valence-electron chi connectivity index (χ1n) is 11.0. The highest BCUT2D eigenvalue weighted by atomic mass is 127. The molecule has 1 saturated heterocycles. The summed E-state index contributed by atoms with van der Waals surface area (Å²) in [6.45, 7) is 7.69. The van der Waals surface area contributed by atoms with E-state index in [1.54, 1.807) is 7.05 Å². The van der Waals surface area contributed by atoms with Crippen LogP contribution >= 0.6 is 24.0 Å². The van der Waals surface area contributed by atoms with Crippen LogP contribution in [-0.4, -0.2) is 54.5 Å². The zero-order valence-corrected chi connectivity index (χ0v) is 21.5. The minimum Gasteiger partial charge on any atom is -0.376 e. The van der Waals surface area contributed by atoms with Gasteiger partial charge >= 0.3 is 0 Å². The number of hydrogen-bond donors (Lipinski definition) is 3. The molecular weight excluding hydrogens is 519 g/mol. The van der Waals surface area contributed by atoms with Gasteiger partial charge in [-0.15, -0.1) is 24.0 Å². The topological polar surface area (TPSA) is 92.6 Å². The molecule has 0 spiro atoms. The predicted molar refractivity (Wildman–Crippen MR) is 138 cm³/mol. The number of rotatable bonds is 9. The molecule has 1 aromatic heterocycles. The van der Waals surface area contributed by atoms with E-state index in [0.29, 0.717) is 18.7 Å². The zero-order chi connectivity index (χ0) is 22.1. The summed E-state index contributed by atoms with van der Waals surface area (Å²) in [6, 6.07) is 9.74. The number of hydrogen-bond acceptors (Lipinski definition) is 4. The quantitative estimate of drug-likeness (QED) is 0.192. The fourth-order valence-corrected chi connectivity index (χ4v) is 3.68. The van der Waals surface area contributed by atoms with Crippen molar-refractivity contribution < 1.29 is 9.53 Å². The first kappa shape index (κ1) is 26.1. The number of aromatic nitrogens is 2. The second-order valence-corrected chi connectivity index (χ2v) is 7.90. The molecular formula is C23H35IN6O2. The Hall–Kier alpha value is -2.14. The van der Waals surface area contributed by atoms with Gasteiger partial charge in [0.2, 0.25) is 0 Å². The van der Waals surface area contributed by atoms with Crippen molar-refractivity contribution in [3.63, 3.8) is 0 Å². The van der Waals surface area contributed by atoms with Crippen molar-refractivity contribution in [2.24, 2.45) is 4.99 Å². The van der Waals surface area contributed by atoms with E-state index in [1.165, 1.54) is 5.69 Å². The molecule has 3 rings (SSSR count). The molecule has 3 N–H and O–H groups in total. The Morgan fingerprint density at radius 1 is 1.25 bits per heavy atom. The van der Waals surface area contributed by atoms with Gasteiger partial charge < -0.3 is 20.7 Å². The lowest BCUT2D eigenvalue weighted by Gasteiger charge is -2.13. The Kier molecular flexibility index (Phi) is 10.9. The number of ether oxygens (including phenoxy) is 1. The third-order valence-electron chi connectivity index (χ3n) is 5.33. The second-order valence-electron chi connectivity index (χ2n) is 7.90. The Balaban J connectivity index is 0.00000363. The third-order valence-corrected chi connectivity index (χ3v) is 5.33. The molecule has 0 aliphatic carbocycles. The number of nitrogens with zero attached hydrogens (tertiary/aromatic N) is 3. The molecule has 1 fully saturated rings. The highest BCUT2D eigenvalue weighted by molar-refractivity contribution is 14.0. The van der Waals surface area contributed by atoms with Crippen LogP contribution in [0, 0.1) is 13.8 Å².